The Bertz CT molecular complexity index is 870. The van der Waals surface area contributed by atoms with Crippen molar-refractivity contribution in [3.63, 3.8) is 0 Å². The molecule has 25 heavy (non-hydrogen) atoms. The van der Waals surface area contributed by atoms with Crippen LogP contribution in [0.4, 0.5) is 0 Å². The Hall–Kier alpha value is -2.21. The average Bonchev–Trinajstić information content (AvgIpc) is 3.23. The summed E-state index contributed by atoms with van der Waals surface area (Å²) in [4.78, 5) is 26.6. The number of pyridine rings is 1. The van der Waals surface area contributed by atoms with Gasteiger partial charge in [0.05, 0.1) is 12.2 Å². The summed E-state index contributed by atoms with van der Waals surface area (Å²) in [6.45, 7) is 3.18. The van der Waals surface area contributed by atoms with E-state index in [1.165, 1.54) is 0 Å². The molecule has 132 valence electrons. The number of aryl methyl sites for hydroxylation is 2. The van der Waals surface area contributed by atoms with E-state index in [0.29, 0.717) is 19.1 Å². The van der Waals surface area contributed by atoms with Gasteiger partial charge < -0.3 is 4.57 Å². The molecule has 0 saturated carbocycles. The minimum Gasteiger partial charge on any atom is -0.314 e. The standard InChI is InChI=1S/C19H24N4O2/c24-18-8-1-2-9-22(18)12-11-21-10-4-6-16(21)14-23-19(25)13-15-5-3-7-17(15)20-23/h1-2,8-9,13,16H,3-7,10-12,14H2. The van der Waals surface area contributed by atoms with Crippen molar-refractivity contribution in [3.8, 4) is 0 Å². The van der Waals surface area contributed by atoms with Crippen molar-refractivity contribution < 1.29 is 0 Å². The van der Waals surface area contributed by atoms with Crippen LogP contribution >= 0.6 is 0 Å². The number of hydrogen-bond acceptors (Lipinski definition) is 4. The van der Waals surface area contributed by atoms with Crippen molar-refractivity contribution in [1.82, 2.24) is 19.2 Å². The molecule has 1 aliphatic carbocycles. The number of hydrogen-bond donors (Lipinski definition) is 0. The molecule has 2 aliphatic rings. The normalized spacial score (nSPS) is 20.1. The Kier molecular flexibility index (Phi) is 4.53. The summed E-state index contributed by atoms with van der Waals surface area (Å²) in [7, 11) is 0. The van der Waals surface area contributed by atoms with Crippen LogP contribution in [0.3, 0.4) is 0 Å². The van der Waals surface area contributed by atoms with E-state index < -0.39 is 0 Å². The maximum Gasteiger partial charge on any atom is 0.267 e. The van der Waals surface area contributed by atoms with E-state index in [1.54, 1.807) is 27.4 Å². The van der Waals surface area contributed by atoms with Crippen LogP contribution in [0.5, 0.6) is 0 Å². The van der Waals surface area contributed by atoms with Gasteiger partial charge in [0.15, 0.2) is 0 Å². The van der Waals surface area contributed by atoms with Crippen LogP contribution in [0.15, 0.2) is 40.1 Å². The van der Waals surface area contributed by atoms with Gasteiger partial charge in [-0.3, -0.25) is 14.5 Å². The summed E-state index contributed by atoms with van der Waals surface area (Å²) >= 11 is 0. The van der Waals surface area contributed by atoms with E-state index in [-0.39, 0.29) is 11.1 Å². The molecule has 4 rings (SSSR count). The highest BCUT2D eigenvalue weighted by atomic mass is 16.1. The smallest absolute Gasteiger partial charge is 0.267 e. The second-order valence-corrected chi connectivity index (χ2v) is 7.05. The maximum absolute atomic E-state index is 12.3. The van der Waals surface area contributed by atoms with Crippen molar-refractivity contribution in [1.29, 1.82) is 0 Å². The molecule has 0 spiro atoms. The zero-order chi connectivity index (χ0) is 17.2. The van der Waals surface area contributed by atoms with E-state index >= 15 is 0 Å². The minimum atomic E-state index is 0.0202. The van der Waals surface area contributed by atoms with Gasteiger partial charge in [0.2, 0.25) is 0 Å². The fraction of sp³-hybridized carbons (Fsp3) is 0.526. The van der Waals surface area contributed by atoms with Gasteiger partial charge in [0.1, 0.15) is 0 Å². The molecule has 1 saturated heterocycles. The SMILES string of the molecule is O=c1ccccn1CCN1CCCC1Cn1nc2c(cc1=O)CCC2. The van der Waals surface area contributed by atoms with E-state index in [0.717, 1.165) is 56.5 Å². The lowest BCUT2D eigenvalue weighted by atomic mass is 10.2. The van der Waals surface area contributed by atoms with Crippen molar-refractivity contribution >= 4 is 0 Å². The Balaban J connectivity index is 1.44. The summed E-state index contributed by atoms with van der Waals surface area (Å²) in [5, 5.41) is 4.61. The number of rotatable bonds is 5. The Morgan fingerprint density at radius 2 is 2.00 bits per heavy atom. The van der Waals surface area contributed by atoms with E-state index in [4.69, 9.17) is 0 Å². The molecular weight excluding hydrogens is 316 g/mol. The van der Waals surface area contributed by atoms with Gasteiger partial charge in [0.25, 0.3) is 11.1 Å². The largest absolute Gasteiger partial charge is 0.314 e. The van der Waals surface area contributed by atoms with E-state index in [1.807, 2.05) is 12.3 Å². The number of likely N-dealkylation sites (tertiary alicyclic amines) is 1. The van der Waals surface area contributed by atoms with Gasteiger partial charge in [-0.1, -0.05) is 6.07 Å². The van der Waals surface area contributed by atoms with Crippen molar-refractivity contribution in [3.05, 3.63) is 62.4 Å². The minimum absolute atomic E-state index is 0.0202. The number of aromatic nitrogens is 3. The first kappa shape index (κ1) is 16.3. The fourth-order valence-corrected chi connectivity index (χ4v) is 4.05. The molecule has 0 radical (unpaired) electrons. The predicted octanol–water partition coefficient (Wildman–Crippen LogP) is 1.06. The topological polar surface area (TPSA) is 60.1 Å². The predicted molar refractivity (Wildman–Crippen MR) is 95.8 cm³/mol. The molecule has 1 fully saturated rings. The zero-order valence-electron chi connectivity index (χ0n) is 14.4. The molecule has 0 N–H and O–H groups in total. The van der Waals surface area contributed by atoms with Crippen LogP contribution in [-0.2, 0) is 25.9 Å². The Morgan fingerprint density at radius 1 is 1.08 bits per heavy atom. The van der Waals surface area contributed by atoms with Crippen LogP contribution in [0.1, 0.15) is 30.5 Å². The van der Waals surface area contributed by atoms with Gasteiger partial charge in [-0.15, -0.1) is 0 Å². The first-order valence-electron chi connectivity index (χ1n) is 9.20. The highest BCUT2D eigenvalue weighted by Crippen LogP contribution is 2.20. The molecule has 6 nitrogen and oxygen atoms in total. The van der Waals surface area contributed by atoms with Gasteiger partial charge in [-0.05, 0) is 50.3 Å². The molecule has 2 aromatic heterocycles. The van der Waals surface area contributed by atoms with Crippen molar-refractivity contribution in [2.24, 2.45) is 0 Å². The summed E-state index contributed by atoms with van der Waals surface area (Å²) in [6, 6.07) is 7.34. The van der Waals surface area contributed by atoms with Crippen LogP contribution in [0.2, 0.25) is 0 Å². The quantitative estimate of drug-likeness (QED) is 0.817. The third-order valence-electron chi connectivity index (χ3n) is 5.43. The molecule has 1 aliphatic heterocycles. The Morgan fingerprint density at radius 3 is 2.88 bits per heavy atom. The molecule has 6 heteroatoms. The third-order valence-corrected chi connectivity index (χ3v) is 5.43. The molecule has 3 heterocycles. The summed E-state index contributed by atoms with van der Waals surface area (Å²) < 4.78 is 3.40. The summed E-state index contributed by atoms with van der Waals surface area (Å²) in [6.07, 6.45) is 7.12. The summed E-state index contributed by atoms with van der Waals surface area (Å²) in [5.74, 6) is 0. The maximum atomic E-state index is 12.3. The van der Waals surface area contributed by atoms with Gasteiger partial charge in [0, 0.05) is 37.5 Å². The monoisotopic (exact) mass is 340 g/mol. The highest BCUT2D eigenvalue weighted by Gasteiger charge is 2.26. The lowest BCUT2D eigenvalue weighted by Crippen LogP contribution is -2.39. The number of fused-ring (bicyclic) bond motifs is 1. The average molecular weight is 340 g/mol. The van der Waals surface area contributed by atoms with Gasteiger partial charge >= 0.3 is 0 Å². The molecule has 1 unspecified atom stereocenters. The van der Waals surface area contributed by atoms with Crippen LogP contribution in [0.25, 0.3) is 0 Å². The van der Waals surface area contributed by atoms with Crippen LogP contribution < -0.4 is 11.1 Å². The zero-order valence-corrected chi connectivity index (χ0v) is 14.4. The molecule has 0 aromatic carbocycles. The number of nitrogens with zero attached hydrogens (tertiary/aromatic N) is 4. The lowest BCUT2D eigenvalue weighted by Gasteiger charge is -2.25. The molecule has 2 aromatic rings. The van der Waals surface area contributed by atoms with Gasteiger partial charge in [-0.2, -0.15) is 5.10 Å². The molecule has 0 bridgehead atoms. The summed E-state index contributed by atoms with van der Waals surface area (Å²) in [5.41, 5.74) is 2.29. The van der Waals surface area contributed by atoms with E-state index in [2.05, 4.69) is 10.00 Å². The van der Waals surface area contributed by atoms with Crippen LogP contribution in [-0.4, -0.2) is 38.4 Å². The highest BCUT2D eigenvalue weighted by molar-refractivity contribution is 5.22. The first-order chi connectivity index (χ1) is 12.2. The third kappa shape index (κ3) is 3.44. The lowest BCUT2D eigenvalue weighted by molar-refractivity contribution is 0.215. The fourth-order valence-electron chi connectivity index (χ4n) is 4.05. The van der Waals surface area contributed by atoms with Crippen molar-refractivity contribution in [2.75, 3.05) is 13.1 Å². The van der Waals surface area contributed by atoms with Crippen LogP contribution in [0, 0.1) is 0 Å². The second kappa shape index (κ2) is 6.96. The first-order valence-corrected chi connectivity index (χ1v) is 9.20. The molecule has 1 atom stereocenters. The second-order valence-electron chi connectivity index (χ2n) is 7.05. The molecule has 0 amide bonds. The van der Waals surface area contributed by atoms with Gasteiger partial charge in [-0.25, -0.2) is 4.68 Å². The van der Waals surface area contributed by atoms with E-state index in [9.17, 15) is 9.59 Å². The van der Waals surface area contributed by atoms with Crippen molar-refractivity contribution in [2.45, 2.75) is 51.2 Å². The Labute approximate surface area is 146 Å². The molecular formula is C19H24N4O2.